The van der Waals surface area contributed by atoms with E-state index in [1.54, 1.807) is 12.1 Å². The first kappa shape index (κ1) is 11.9. The van der Waals surface area contributed by atoms with Crippen LogP contribution in [-0.2, 0) is 0 Å². The molecule has 5 heteroatoms. The number of nitrogens with two attached hydrogens (primary N) is 2. The van der Waals surface area contributed by atoms with Crippen molar-refractivity contribution >= 4 is 11.7 Å². The highest BCUT2D eigenvalue weighted by atomic mass is 16.1. The number of aromatic nitrogens is 1. The van der Waals surface area contributed by atoms with Gasteiger partial charge in [0.2, 0.25) is 5.91 Å². The summed E-state index contributed by atoms with van der Waals surface area (Å²) >= 11 is 0. The van der Waals surface area contributed by atoms with Gasteiger partial charge in [0, 0.05) is 23.7 Å². The zero-order valence-electron chi connectivity index (χ0n) is 10.1. The zero-order valence-corrected chi connectivity index (χ0v) is 10.1. The second-order valence-corrected chi connectivity index (χ2v) is 5.16. The van der Waals surface area contributed by atoms with Gasteiger partial charge in [-0.25, -0.2) is 4.98 Å². The number of carbonyl (C=O) groups is 1. The van der Waals surface area contributed by atoms with Gasteiger partial charge in [-0.2, -0.15) is 0 Å². The Morgan fingerprint density at radius 1 is 1.53 bits per heavy atom. The molecule has 17 heavy (non-hydrogen) atoms. The highest BCUT2D eigenvalue weighted by molar-refractivity contribution is 5.92. The molecule has 1 heterocycles. The lowest BCUT2D eigenvalue weighted by Crippen LogP contribution is -2.61. The molecule has 1 aromatic rings. The van der Waals surface area contributed by atoms with Gasteiger partial charge in [-0.05, 0) is 18.6 Å². The Bertz CT molecular complexity index is 427. The minimum absolute atomic E-state index is 0.0735. The van der Waals surface area contributed by atoms with Crippen molar-refractivity contribution < 1.29 is 4.79 Å². The Morgan fingerprint density at radius 3 is 2.65 bits per heavy atom. The van der Waals surface area contributed by atoms with Crippen LogP contribution in [0.25, 0.3) is 0 Å². The summed E-state index contributed by atoms with van der Waals surface area (Å²) in [4.78, 5) is 15.1. The third kappa shape index (κ3) is 2.10. The van der Waals surface area contributed by atoms with E-state index in [0.717, 1.165) is 12.2 Å². The molecule has 0 radical (unpaired) electrons. The van der Waals surface area contributed by atoms with Crippen molar-refractivity contribution in [2.24, 2.45) is 16.9 Å². The topological polar surface area (TPSA) is 94.0 Å². The van der Waals surface area contributed by atoms with Crippen molar-refractivity contribution in [1.82, 2.24) is 4.98 Å². The number of pyridine rings is 1. The lowest BCUT2D eigenvalue weighted by Gasteiger charge is -2.50. The Balaban J connectivity index is 2.03. The van der Waals surface area contributed by atoms with Gasteiger partial charge in [-0.3, -0.25) is 4.79 Å². The zero-order chi connectivity index (χ0) is 12.6. The molecule has 0 aromatic carbocycles. The Labute approximate surface area is 101 Å². The summed E-state index contributed by atoms with van der Waals surface area (Å²) in [5.41, 5.74) is 11.6. The summed E-state index contributed by atoms with van der Waals surface area (Å²) in [5, 5.41) is 3.32. The summed E-state index contributed by atoms with van der Waals surface area (Å²) in [6.45, 7) is 4.27. The Hall–Kier alpha value is -1.62. The highest BCUT2D eigenvalue weighted by Gasteiger charge is 2.46. The molecule has 0 aliphatic heterocycles. The second-order valence-electron chi connectivity index (χ2n) is 5.16. The van der Waals surface area contributed by atoms with Crippen LogP contribution in [0.1, 0.15) is 30.6 Å². The maximum atomic E-state index is 10.9. The molecular formula is C12H18N4O. The maximum Gasteiger partial charge on any atom is 0.250 e. The first-order valence-electron chi connectivity index (χ1n) is 5.69. The average Bonchev–Trinajstić information content (AvgIpc) is 2.29. The monoisotopic (exact) mass is 234 g/mol. The van der Waals surface area contributed by atoms with Gasteiger partial charge < -0.3 is 16.8 Å². The number of nitrogens with zero attached hydrogens (tertiary/aromatic N) is 1. The Kier molecular flexibility index (Phi) is 2.79. The summed E-state index contributed by atoms with van der Waals surface area (Å²) in [6, 6.07) is 3.98. The minimum Gasteiger partial charge on any atom is -0.367 e. The van der Waals surface area contributed by atoms with Crippen molar-refractivity contribution in [3.63, 3.8) is 0 Å². The van der Waals surface area contributed by atoms with E-state index in [9.17, 15) is 4.79 Å². The molecule has 1 aliphatic carbocycles. The molecule has 5 nitrogen and oxygen atoms in total. The SMILES string of the molecule is CC1(C)C(N)CC1Nc1ccc(C(N)=O)cn1. The number of hydrogen-bond acceptors (Lipinski definition) is 4. The number of primary amides is 1. The molecule has 0 saturated heterocycles. The van der Waals surface area contributed by atoms with Gasteiger partial charge in [0.15, 0.2) is 0 Å². The van der Waals surface area contributed by atoms with Crippen LogP contribution < -0.4 is 16.8 Å². The fourth-order valence-corrected chi connectivity index (χ4v) is 2.01. The lowest BCUT2D eigenvalue weighted by atomic mass is 9.63. The van der Waals surface area contributed by atoms with E-state index in [-0.39, 0.29) is 11.5 Å². The number of anilines is 1. The van der Waals surface area contributed by atoms with Crippen LogP contribution in [0, 0.1) is 5.41 Å². The molecule has 2 unspecified atom stereocenters. The molecule has 1 saturated carbocycles. The maximum absolute atomic E-state index is 10.9. The fraction of sp³-hybridized carbons (Fsp3) is 0.500. The van der Waals surface area contributed by atoms with Gasteiger partial charge >= 0.3 is 0 Å². The van der Waals surface area contributed by atoms with Crippen molar-refractivity contribution in [3.8, 4) is 0 Å². The van der Waals surface area contributed by atoms with Crippen LogP contribution in [0.15, 0.2) is 18.3 Å². The fourth-order valence-electron chi connectivity index (χ4n) is 2.01. The van der Waals surface area contributed by atoms with E-state index in [0.29, 0.717) is 11.6 Å². The van der Waals surface area contributed by atoms with Crippen molar-refractivity contribution in [2.75, 3.05) is 5.32 Å². The molecule has 92 valence electrons. The van der Waals surface area contributed by atoms with E-state index in [4.69, 9.17) is 11.5 Å². The number of nitrogens with one attached hydrogen (secondary N) is 1. The highest BCUT2D eigenvalue weighted by Crippen LogP contribution is 2.40. The molecule has 0 spiro atoms. The van der Waals surface area contributed by atoms with Crippen LogP contribution in [0.5, 0.6) is 0 Å². The van der Waals surface area contributed by atoms with Crippen molar-refractivity contribution in [1.29, 1.82) is 0 Å². The second kappa shape index (κ2) is 4.00. The third-order valence-corrected chi connectivity index (χ3v) is 3.71. The molecule has 1 fully saturated rings. The van der Waals surface area contributed by atoms with E-state index in [1.807, 2.05) is 0 Å². The van der Waals surface area contributed by atoms with E-state index >= 15 is 0 Å². The quantitative estimate of drug-likeness (QED) is 0.718. The largest absolute Gasteiger partial charge is 0.367 e. The molecule has 1 aromatic heterocycles. The van der Waals surface area contributed by atoms with Gasteiger partial charge in [-0.1, -0.05) is 13.8 Å². The predicted molar refractivity (Wildman–Crippen MR) is 66.5 cm³/mol. The number of carbonyl (C=O) groups excluding carboxylic acids is 1. The van der Waals surface area contributed by atoms with Crippen LogP contribution >= 0.6 is 0 Å². The lowest BCUT2D eigenvalue weighted by molar-refractivity contribution is 0.1000. The van der Waals surface area contributed by atoms with E-state index < -0.39 is 5.91 Å². The number of rotatable bonds is 3. The summed E-state index contributed by atoms with van der Waals surface area (Å²) in [5.74, 6) is 0.287. The summed E-state index contributed by atoms with van der Waals surface area (Å²) < 4.78 is 0. The molecule has 2 rings (SSSR count). The van der Waals surface area contributed by atoms with E-state index in [2.05, 4.69) is 24.1 Å². The average molecular weight is 234 g/mol. The smallest absolute Gasteiger partial charge is 0.250 e. The van der Waals surface area contributed by atoms with Gasteiger partial charge in [0.05, 0.1) is 5.56 Å². The van der Waals surface area contributed by atoms with Gasteiger partial charge in [0.25, 0.3) is 0 Å². The normalized spacial score (nSPS) is 26.1. The van der Waals surface area contributed by atoms with Crippen LogP contribution in [-0.4, -0.2) is 23.0 Å². The van der Waals surface area contributed by atoms with Crippen LogP contribution in [0.4, 0.5) is 5.82 Å². The summed E-state index contributed by atoms with van der Waals surface area (Å²) in [7, 11) is 0. The molecule has 1 amide bonds. The first-order chi connectivity index (χ1) is 7.91. The predicted octanol–water partition coefficient (Wildman–Crippen LogP) is 0.718. The van der Waals surface area contributed by atoms with Crippen LogP contribution in [0.2, 0.25) is 0 Å². The number of amides is 1. The number of hydrogen-bond donors (Lipinski definition) is 3. The Morgan fingerprint density at radius 2 is 2.24 bits per heavy atom. The van der Waals surface area contributed by atoms with E-state index in [1.165, 1.54) is 6.20 Å². The third-order valence-electron chi connectivity index (χ3n) is 3.71. The van der Waals surface area contributed by atoms with Crippen molar-refractivity contribution in [3.05, 3.63) is 23.9 Å². The molecule has 5 N–H and O–H groups in total. The van der Waals surface area contributed by atoms with Gasteiger partial charge in [0.1, 0.15) is 5.82 Å². The molecule has 1 aliphatic rings. The first-order valence-corrected chi connectivity index (χ1v) is 5.69. The van der Waals surface area contributed by atoms with Crippen molar-refractivity contribution in [2.45, 2.75) is 32.4 Å². The standard InChI is InChI=1S/C12H18N4O/c1-12(2)8(13)5-9(12)16-10-4-3-7(6-15-10)11(14)17/h3-4,6,8-9H,5,13H2,1-2H3,(H2,14,17)(H,15,16). The minimum atomic E-state index is -0.463. The van der Waals surface area contributed by atoms with Gasteiger partial charge in [-0.15, -0.1) is 0 Å². The summed E-state index contributed by atoms with van der Waals surface area (Å²) in [6.07, 6.45) is 2.42. The van der Waals surface area contributed by atoms with Crippen LogP contribution in [0.3, 0.4) is 0 Å². The molecule has 0 bridgehead atoms. The molecule has 2 atom stereocenters. The molecular weight excluding hydrogens is 216 g/mol.